The van der Waals surface area contributed by atoms with Crippen LogP contribution in [-0.2, 0) is 17.7 Å². The Morgan fingerprint density at radius 2 is 2.11 bits per heavy atom. The molecule has 0 saturated heterocycles. The first-order chi connectivity index (χ1) is 13.6. The monoisotopic (exact) mass is 372 g/mol. The highest BCUT2D eigenvalue weighted by Gasteiger charge is 2.31. The van der Waals surface area contributed by atoms with Crippen molar-refractivity contribution < 1.29 is 14.4 Å². The van der Waals surface area contributed by atoms with Gasteiger partial charge in [-0.05, 0) is 34.8 Å². The summed E-state index contributed by atoms with van der Waals surface area (Å²) in [4.78, 5) is 4.11. The Morgan fingerprint density at radius 3 is 2.89 bits per heavy atom. The van der Waals surface area contributed by atoms with Crippen molar-refractivity contribution in [3.63, 3.8) is 0 Å². The highest BCUT2D eigenvalue weighted by atomic mass is 16.5. The summed E-state index contributed by atoms with van der Waals surface area (Å²) in [5, 5.41) is 10.4. The zero-order valence-corrected chi connectivity index (χ0v) is 15.4. The maximum atomic E-state index is 10.4. The van der Waals surface area contributed by atoms with Crippen LogP contribution in [0.5, 0.6) is 5.75 Å². The number of hydrogen-bond donors (Lipinski definition) is 2. The number of fused-ring (bicyclic) bond motifs is 1. The van der Waals surface area contributed by atoms with E-state index < -0.39 is 7.12 Å². The van der Waals surface area contributed by atoms with E-state index in [1.165, 1.54) is 0 Å². The molecule has 4 rings (SSSR count). The minimum Gasteiger partial charge on any atom is -0.488 e. The van der Waals surface area contributed by atoms with E-state index in [9.17, 15) is 5.02 Å². The Morgan fingerprint density at radius 1 is 1.25 bits per heavy atom. The van der Waals surface area contributed by atoms with Crippen LogP contribution in [0.15, 0.2) is 73.6 Å². The Kier molecular flexibility index (Phi) is 5.15. The van der Waals surface area contributed by atoms with Crippen molar-refractivity contribution in [2.45, 2.75) is 19.1 Å². The van der Waals surface area contributed by atoms with Gasteiger partial charge in [-0.25, -0.2) is 0 Å². The van der Waals surface area contributed by atoms with Crippen LogP contribution in [0.25, 0.3) is 5.70 Å². The highest BCUT2D eigenvalue weighted by Crippen LogP contribution is 2.32. The van der Waals surface area contributed by atoms with E-state index >= 15 is 0 Å². The lowest BCUT2D eigenvalue weighted by molar-refractivity contribution is 0.167. The first kappa shape index (κ1) is 18.3. The summed E-state index contributed by atoms with van der Waals surface area (Å²) >= 11 is 0. The van der Waals surface area contributed by atoms with Crippen molar-refractivity contribution in [1.29, 1.82) is 0 Å². The lowest BCUT2D eigenvalue weighted by Gasteiger charge is -2.28. The molecule has 0 aliphatic carbocycles. The molecule has 0 bridgehead atoms. The number of hydrogen-bond acceptors (Lipinski definition) is 5. The van der Waals surface area contributed by atoms with Gasteiger partial charge in [0.1, 0.15) is 12.4 Å². The van der Waals surface area contributed by atoms with E-state index in [2.05, 4.69) is 11.6 Å². The third-order valence-corrected chi connectivity index (χ3v) is 4.86. The lowest BCUT2D eigenvalue weighted by Crippen LogP contribution is -2.42. The average Bonchev–Trinajstić information content (AvgIpc) is 2.72. The second kappa shape index (κ2) is 7.88. The van der Waals surface area contributed by atoms with Gasteiger partial charge in [0.25, 0.3) is 0 Å². The van der Waals surface area contributed by atoms with Gasteiger partial charge < -0.3 is 20.1 Å². The summed E-state index contributed by atoms with van der Waals surface area (Å²) in [6.07, 6.45) is 3.89. The lowest BCUT2D eigenvalue weighted by atomic mass is 9.71. The van der Waals surface area contributed by atoms with Gasteiger partial charge in [-0.2, -0.15) is 0 Å². The maximum Gasteiger partial charge on any atom is 0.491 e. The van der Waals surface area contributed by atoms with Crippen LogP contribution in [0.3, 0.4) is 0 Å². The van der Waals surface area contributed by atoms with Crippen LogP contribution in [0.2, 0.25) is 0 Å². The fourth-order valence-electron chi connectivity index (χ4n) is 3.40. The van der Waals surface area contributed by atoms with Crippen LogP contribution >= 0.6 is 0 Å². The molecule has 1 aromatic heterocycles. The molecule has 6 heteroatoms. The highest BCUT2D eigenvalue weighted by molar-refractivity contribution is 6.60. The minimum absolute atomic E-state index is 0.272. The van der Waals surface area contributed by atoms with E-state index in [0.717, 1.165) is 27.7 Å². The van der Waals surface area contributed by atoms with Gasteiger partial charge in [0.15, 0.2) is 0 Å². The summed E-state index contributed by atoms with van der Waals surface area (Å²) in [5.41, 5.74) is 10.9. The van der Waals surface area contributed by atoms with E-state index in [1.807, 2.05) is 54.6 Å². The number of rotatable bonds is 5. The second-order valence-electron chi connectivity index (χ2n) is 6.81. The molecule has 0 spiro atoms. The first-order valence-electron chi connectivity index (χ1n) is 9.13. The Hall–Kier alpha value is -3.09. The molecule has 1 atom stereocenters. The van der Waals surface area contributed by atoms with Gasteiger partial charge in [0, 0.05) is 35.6 Å². The molecular formula is C22H21BN2O3. The zero-order valence-electron chi connectivity index (χ0n) is 15.4. The van der Waals surface area contributed by atoms with Crippen LogP contribution < -0.4 is 15.9 Å². The molecule has 2 heterocycles. The van der Waals surface area contributed by atoms with Gasteiger partial charge in [-0.3, -0.25) is 4.98 Å². The molecule has 1 aliphatic heterocycles. The number of ether oxygens (including phenoxy) is 1. The van der Waals surface area contributed by atoms with Crippen molar-refractivity contribution in [2.75, 3.05) is 0 Å². The molecule has 0 fully saturated rings. The summed E-state index contributed by atoms with van der Waals surface area (Å²) in [6.45, 7) is 4.21. The van der Waals surface area contributed by atoms with E-state index in [4.69, 9.17) is 15.1 Å². The minimum atomic E-state index is -0.945. The van der Waals surface area contributed by atoms with E-state index in [1.54, 1.807) is 12.4 Å². The molecule has 1 unspecified atom stereocenters. The van der Waals surface area contributed by atoms with Crippen LogP contribution in [0.1, 0.15) is 28.4 Å². The molecule has 140 valence electrons. The third kappa shape index (κ3) is 3.79. The van der Waals surface area contributed by atoms with Crippen molar-refractivity contribution in [3.8, 4) is 5.75 Å². The quantitative estimate of drug-likeness (QED) is 0.674. The van der Waals surface area contributed by atoms with Crippen molar-refractivity contribution in [1.82, 2.24) is 4.98 Å². The number of pyridine rings is 1. The largest absolute Gasteiger partial charge is 0.491 e. The summed E-state index contributed by atoms with van der Waals surface area (Å²) in [6, 6.07) is 17.3. The zero-order chi connectivity index (χ0) is 19.5. The van der Waals surface area contributed by atoms with Gasteiger partial charge in [0.2, 0.25) is 0 Å². The van der Waals surface area contributed by atoms with Crippen molar-refractivity contribution >= 4 is 18.3 Å². The number of nitrogens with zero attached hydrogens (tertiary/aromatic N) is 1. The number of aromatic nitrogens is 1. The standard InChI is InChI=1S/C22H21BN2O3/c1-15(24)19-9-8-18(12-22(19)27-14-16-5-4-10-25-13-16)21-11-17-6-2-3-7-20(17)23(26)28-21/h2-10,12-13,21,26H,1,11,14,24H2. The molecule has 0 saturated carbocycles. The van der Waals surface area contributed by atoms with E-state index in [0.29, 0.717) is 24.5 Å². The van der Waals surface area contributed by atoms with E-state index in [-0.39, 0.29) is 6.10 Å². The van der Waals surface area contributed by atoms with Crippen LogP contribution in [0.4, 0.5) is 0 Å². The molecule has 0 radical (unpaired) electrons. The van der Waals surface area contributed by atoms with Crippen molar-refractivity contribution in [2.24, 2.45) is 5.73 Å². The van der Waals surface area contributed by atoms with Crippen LogP contribution in [0, 0.1) is 0 Å². The topological polar surface area (TPSA) is 77.6 Å². The number of benzene rings is 2. The Balaban J connectivity index is 1.61. The summed E-state index contributed by atoms with van der Waals surface area (Å²) < 4.78 is 11.9. The molecular weight excluding hydrogens is 351 g/mol. The molecule has 28 heavy (non-hydrogen) atoms. The van der Waals surface area contributed by atoms with Gasteiger partial charge in [0.05, 0.1) is 6.10 Å². The SMILES string of the molecule is C=C(N)c1ccc(C2Cc3ccccc3B(O)O2)cc1OCc1cccnc1. The molecule has 3 N–H and O–H groups in total. The van der Waals surface area contributed by atoms with Gasteiger partial charge in [-0.15, -0.1) is 0 Å². The normalized spacial score (nSPS) is 15.8. The number of nitrogens with two attached hydrogens (primary N) is 1. The summed E-state index contributed by atoms with van der Waals surface area (Å²) in [7, 11) is -0.945. The molecule has 5 nitrogen and oxygen atoms in total. The predicted octanol–water partition coefficient (Wildman–Crippen LogP) is 2.59. The molecule has 0 amide bonds. The van der Waals surface area contributed by atoms with Gasteiger partial charge >= 0.3 is 7.12 Å². The molecule has 1 aliphatic rings. The Bertz CT molecular complexity index is 994. The third-order valence-electron chi connectivity index (χ3n) is 4.86. The smallest absolute Gasteiger partial charge is 0.488 e. The summed E-state index contributed by atoms with van der Waals surface area (Å²) in [5.74, 6) is 0.630. The fourth-order valence-corrected chi connectivity index (χ4v) is 3.40. The Labute approximate surface area is 164 Å². The van der Waals surface area contributed by atoms with Gasteiger partial charge in [-0.1, -0.05) is 43.0 Å². The average molecular weight is 372 g/mol. The molecule has 3 aromatic rings. The predicted molar refractivity (Wildman–Crippen MR) is 110 cm³/mol. The first-order valence-corrected chi connectivity index (χ1v) is 9.13. The van der Waals surface area contributed by atoms with Crippen LogP contribution in [-0.4, -0.2) is 17.1 Å². The van der Waals surface area contributed by atoms with Crippen molar-refractivity contribution in [3.05, 3.63) is 95.8 Å². The second-order valence-corrected chi connectivity index (χ2v) is 6.81. The molecule has 2 aromatic carbocycles. The maximum absolute atomic E-state index is 10.4. The fraction of sp³-hybridized carbons (Fsp3) is 0.136.